The van der Waals surface area contributed by atoms with Gasteiger partial charge in [0, 0.05) is 11.9 Å². The van der Waals surface area contributed by atoms with E-state index >= 15 is 0 Å². The molecule has 0 radical (unpaired) electrons. The summed E-state index contributed by atoms with van der Waals surface area (Å²) in [6, 6.07) is 13.5. The summed E-state index contributed by atoms with van der Waals surface area (Å²) in [6.07, 6.45) is 0.0633. The summed E-state index contributed by atoms with van der Waals surface area (Å²) in [5, 5.41) is 7.42. The molecular formula is C18H16N2O3S2. The number of nitrogens with one attached hydrogen (secondary N) is 1. The fraction of sp³-hybridized carbons (Fsp3) is 0.167. The molecular weight excluding hydrogens is 356 g/mol. The monoisotopic (exact) mass is 372 g/mol. The molecule has 0 unspecified atom stereocenters. The number of ether oxygens (including phenoxy) is 1. The molecule has 1 aromatic carbocycles. The number of esters is 1. The van der Waals surface area contributed by atoms with Crippen LogP contribution in [-0.2, 0) is 27.3 Å². The van der Waals surface area contributed by atoms with Gasteiger partial charge >= 0.3 is 5.97 Å². The van der Waals surface area contributed by atoms with Crippen molar-refractivity contribution in [3.63, 3.8) is 0 Å². The molecule has 128 valence electrons. The summed E-state index contributed by atoms with van der Waals surface area (Å²) in [5.41, 5.74) is 1.65. The number of amides is 1. The molecule has 0 bridgehead atoms. The van der Waals surface area contributed by atoms with E-state index in [0.29, 0.717) is 12.2 Å². The molecule has 2 aromatic heterocycles. The van der Waals surface area contributed by atoms with Crippen molar-refractivity contribution in [2.24, 2.45) is 0 Å². The predicted octanol–water partition coefficient (Wildman–Crippen LogP) is 3.27. The molecule has 0 spiro atoms. The van der Waals surface area contributed by atoms with E-state index in [-0.39, 0.29) is 18.9 Å². The molecule has 3 aromatic rings. The fourth-order valence-electron chi connectivity index (χ4n) is 2.09. The van der Waals surface area contributed by atoms with Gasteiger partial charge in [0.1, 0.15) is 5.01 Å². The summed E-state index contributed by atoms with van der Waals surface area (Å²) in [5.74, 6) is -0.785. The summed E-state index contributed by atoms with van der Waals surface area (Å²) >= 11 is 3.10. The Bertz CT molecular complexity index is 829. The number of benzene rings is 1. The third-order valence-electron chi connectivity index (χ3n) is 3.31. The van der Waals surface area contributed by atoms with Crippen LogP contribution in [0.15, 0.2) is 53.2 Å². The lowest BCUT2D eigenvalue weighted by atomic mass is 10.2. The zero-order chi connectivity index (χ0) is 17.5. The molecule has 1 N–H and O–H groups in total. The third kappa shape index (κ3) is 5.23. The molecule has 5 nitrogen and oxygen atoms in total. The largest absolute Gasteiger partial charge is 0.455 e. The zero-order valence-corrected chi connectivity index (χ0v) is 14.9. The van der Waals surface area contributed by atoms with Gasteiger partial charge in [0.25, 0.3) is 5.91 Å². The predicted molar refractivity (Wildman–Crippen MR) is 98.4 cm³/mol. The van der Waals surface area contributed by atoms with Crippen molar-refractivity contribution in [1.29, 1.82) is 0 Å². The normalized spacial score (nSPS) is 10.4. The molecule has 1 amide bonds. The SMILES string of the molecule is O=C(COC(=O)Cc1csc(-c2cccs2)n1)NCc1ccccc1. The molecule has 2 heterocycles. The first kappa shape index (κ1) is 17.3. The van der Waals surface area contributed by atoms with Gasteiger partial charge in [-0.3, -0.25) is 9.59 Å². The van der Waals surface area contributed by atoms with Crippen LogP contribution >= 0.6 is 22.7 Å². The number of hydrogen-bond donors (Lipinski definition) is 1. The molecule has 0 saturated carbocycles. The van der Waals surface area contributed by atoms with E-state index in [4.69, 9.17) is 4.74 Å². The maximum Gasteiger partial charge on any atom is 0.312 e. The van der Waals surface area contributed by atoms with Crippen LogP contribution in [0.3, 0.4) is 0 Å². The molecule has 7 heteroatoms. The Hall–Kier alpha value is -2.51. The van der Waals surface area contributed by atoms with Gasteiger partial charge in [0.2, 0.25) is 0 Å². The van der Waals surface area contributed by atoms with Crippen molar-refractivity contribution in [2.75, 3.05) is 6.61 Å². The maximum absolute atomic E-state index is 11.9. The minimum absolute atomic E-state index is 0.0633. The van der Waals surface area contributed by atoms with Crippen molar-refractivity contribution < 1.29 is 14.3 Å². The van der Waals surface area contributed by atoms with Crippen molar-refractivity contribution in [2.45, 2.75) is 13.0 Å². The average molecular weight is 372 g/mol. The Morgan fingerprint density at radius 3 is 2.68 bits per heavy atom. The second-order valence-corrected chi connectivity index (χ2v) is 7.03. The smallest absolute Gasteiger partial charge is 0.312 e. The molecule has 0 aliphatic heterocycles. The third-order valence-corrected chi connectivity index (χ3v) is 5.24. The first-order valence-electron chi connectivity index (χ1n) is 7.65. The molecule has 3 rings (SSSR count). The Morgan fingerprint density at radius 1 is 1.08 bits per heavy atom. The van der Waals surface area contributed by atoms with Gasteiger partial charge in [-0.05, 0) is 17.0 Å². The van der Waals surface area contributed by atoms with Crippen molar-refractivity contribution in [3.8, 4) is 9.88 Å². The summed E-state index contributed by atoms with van der Waals surface area (Å²) in [6.45, 7) is 0.126. The van der Waals surface area contributed by atoms with E-state index in [1.54, 1.807) is 11.3 Å². The van der Waals surface area contributed by atoms with E-state index < -0.39 is 5.97 Å². The highest BCUT2D eigenvalue weighted by atomic mass is 32.1. The van der Waals surface area contributed by atoms with Crippen molar-refractivity contribution in [3.05, 3.63) is 64.5 Å². The lowest BCUT2D eigenvalue weighted by molar-refractivity contribution is -0.147. The van der Waals surface area contributed by atoms with E-state index in [9.17, 15) is 9.59 Å². The van der Waals surface area contributed by atoms with Gasteiger partial charge in [-0.1, -0.05) is 36.4 Å². The maximum atomic E-state index is 11.9. The van der Waals surface area contributed by atoms with Gasteiger partial charge in [0.05, 0.1) is 17.0 Å². The Kier molecular flexibility index (Phi) is 5.92. The number of aromatic nitrogens is 1. The minimum atomic E-state index is -0.460. The Balaban J connectivity index is 1.41. The lowest BCUT2D eigenvalue weighted by Crippen LogP contribution is -2.28. The van der Waals surface area contributed by atoms with Crippen LogP contribution in [0, 0.1) is 0 Å². The topological polar surface area (TPSA) is 68.3 Å². The quantitative estimate of drug-likeness (QED) is 0.646. The first-order valence-corrected chi connectivity index (χ1v) is 9.41. The highest BCUT2D eigenvalue weighted by Crippen LogP contribution is 2.27. The second kappa shape index (κ2) is 8.55. The van der Waals surface area contributed by atoms with Gasteiger partial charge < -0.3 is 10.1 Å². The zero-order valence-electron chi connectivity index (χ0n) is 13.3. The first-order chi connectivity index (χ1) is 12.2. The average Bonchev–Trinajstić information content (AvgIpc) is 3.30. The van der Waals surface area contributed by atoms with Crippen LogP contribution in [0.5, 0.6) is 0 Å². The minimum Gasteiger partial charge on any atom is -0.455 e. The summed E-state index contributed by atoms with van der Waals surface area (Å²) in [7, 11) is 0. The standard InChI is InChI=1S/C18H16N2O3S2/c21-16(19-10-13-5-2-1-3-6-13)11-23-17(22)9-14-12-25-18(20-14)15-7-4-8-24-15/h1-8,12H,9-11H2,(H,19,21). The number of nitrogens with zero attached hydrogens (tertiary/aromatic N) is 1. The Morgan fingerprint density at radius 2 is 1.92 bits per heavy atom. The van der Waals surface area contributed by atoms with Crippen LogP contribution < -0.4 is 5.32 Å². The number of hydrogen-bond acceptors (Lipinski definition) is 6. The molecule has 0 fully saturated rings. The molecule has 0 saturated heterocycles. The number of thiazole rings is 1. The second-order valence-electron chi connectivity index (χ2n) is 5.22. The van der Waals surface area contributed by atoms with Crippen LogP contribution in [0.1, 0.15) is 11.3 Å². The highest BCUT2D eigenvalue weighted by molar-refractivity contribution is 7.20. The van der Waals surface area contributed by atoms with Gasteiger partial charge in [-0.15, -0.1) is 22.7 Å². The molecule has 25 heavy (non-hydrogen) atoms. The highest BCUT2D eigenvalue weighted by Gasteiger charge is 2.12. The van der Waals surface area contributed by atoms with Gasteiger partial charge in [-0.25, -0.2) is 4.98 Å². The number of rotatable bonds is 7. The van der Waals surface area contributed by atoms with E-state index in [1.165, 1.54) is 11.3 Å². The number of thiophene rings is 1. The molecule has 0 aliphatic carbocycles. The van der Waals surface area contributed by atoms with Crippen LogP contribution in [0.2, 0.25) is 0 Å². The number of carbonyl (C=O) groups excluding carboxylic acids is 2. The van der Waals surface area contributed by atoms with Gasteiger partial charge in [0.15, 0.2) is 6.61 Å². The van der Waals surface area contributed by atoms with Crippen molar-refractivity contribution >= 4 is 34.6 Å². The van der Waals surface area contributed by atoms with Crippen molar-refractivity contribution in [1.82, 2.24) is 10.3 Å². The summed E-state index contributed by atoms with van der Waals surface area (Å²) in [4.78, 5) is 29.1. The number of carbonyl (C=O) groups is 2. The van der Waals surface area contributed by atoms with E-state index in [0.717, 1.165) is 15.4 Å². The summed E-state index contributed by atoms with van der Waals surface area (Å²) < 4.78 is 5.01. The van der Waals surface area contributed by atoms with Crippen LogP contribution in [0.4, 0.5) is 0 Å². The van der Waals surface area contributed by atoms with Gasteiger partial charge in [-0.2, -0.15) is 0 Å². The fourth-order valence-corrected chi connectivity index (χ4v) is 3.73. The lowest BCUT2D eigenvalue weighted by Gasteiger charge is -2.06. The molecule has 0 atom stereocenters. The van der Waals surface area contributed by atoms with E-state index in [2.05, 4.69) is 10.3 Å². The van der Waals surface area contributed by atoms with Crippen LogP contribution in [0.25, 0.3) is 9.88 Å². The molecule has 0 aliphatic rings. The van der Waals surface area contributed by atoms with E-state index in [1.807, 2.05) is 53.2 Å². The van der Waals surface area contributed by atoms with Crippen LogP contribution in [-0.4, -0.2) is 23.5 Å². The Labute approximate surface area is 153 Å².